The summed E-state index contributed by atoms with van der Waals surface area (Å²) in [7, 11) is 0. The Balaban J connectivity index is 1.98. The minimum Gasteiger partial charge on any atom is -0.307 e. The van der Waals surface area contributed by atoms with E-state index in [0.29, 0.717) is 5.54 Å². The summed E-state index contributed by atoms with van der Waals surface area (Å²) in [6.45, 7) is 3.50. The van der Waals surface area contributed by atoms with Crippen LogP contribution in [-0.2, 0) is 5.54 Å². The molecule has 3 rings (SSSR count). The molecule has 1 aromatic heterocycles. The van der Waals surface area contributed by atoms with Crippen molar-refractivity contribution in [1.29, 1.82) is 0 Å². The van der Waals surface area contributed by atoms with Gasteiger partial charge in [0, 0.05) is 10.4 Å². The van der Waals surface area contributed by atoms with Crippen molar-refractivity contribution in [1.82, 2.24) is 5.32 Å². The maximum atomic E-state index is 3.91. The number of hydrogen-bond acceptors (Lipinski definition) is 2. The van der Waals surface area contributed by atoms with Gasteiger partial charge in [0.05, 0.1) is 0 Å². The van der Waals surface area contributed by atoms with Gasteiger partial charge in [-0.1, -0.05) is 12.8 Å². The molecule has 2 heteroatoms. The summed E-state index contributed by atoms with van der Waals surface area (Å²) in [5.74, 6) is 0.916. The Morgan fingerprint density at radius 2 is 2.19 bits per heavy atom. The molecule has 2 aliphatic rings. The van der Waals surface area contributed by atoms with Crippen molar-refractivity contribution in [2.45, 2.75) is 51.0 Å². The average Bonchev–Trinajstić information content (AvgIpc) is 3.07. The van der Waals surface area contributed by atoms with Crippen LogP contribution in [0.25, 0.3) is 0 Å². The first kappa shape index (κ1) is 10.8. The van der Waals surface area contributed by atoms with Crippen molar-refractivity contribution >= 4 is 11.3 Å². The highest BCUT2D eigenvalue weighted by Gasteiger charge is 2.46. The van der Waals surface area contributed by atoms with Crippen LogP contribution in [0.1, 0.15) is 49.0 Å². The molecule has 0 amide bonds. The van der Waals surface area contributed by atoms with Crippen LogP contribution in [-0.4, -0.2) is 6.54 Å². The van der Waals surface area contributed by atoms with Gasteiger partial charge >= 0.3 is 0 Å². The smallest absolute Gasteiger partial charge is 0.0474 e. The Morgan fingerprint density at radius 3 is 2.88 bits per heavy atom. The number of rotatable bonds is 2. The van der Waals surface area contributed by atoms with Crippen LogP contribution >= 0.6 is 11.3 Å². The maximum absolute atomic E-state index is 3.91. The highest BCUT2D eigenvalue weighted by molar-refractivity contribution is 7.10. The van der Waals surface area contributed by atoms with Crippen LogP contribution < -0.4 is 5.32 Å². The van der Waals surface area contributed by atoms with Gasteiger partial charge in [-0.15, -0.1) is 11.3 Å². The lowest BCUT2D eigenvalue weighted by Gasteiger charge is -2.35. The lowest BCUT2D eigenvalue weighted by Crippen LogP contribution is -2.44. The topological polar surface area (TPSA) is 12.0 Å². The molecule has 1 atom stereocenters. The van der Waals surface area contributed by atoms with E-state index in [2.05, 4.69) is 23.7 Å². The maximum Gasteiger partial charge on any atom is 0.0474 e. The molecular formula is C14H21NS. The van der Waals surface area contributed by atoms with E-state index in [9.17, 15) is 0 Å². The van der Waals surface area contributed by atoms with E-state index in [1.807, 2.05) is 11.3 Å². The predicted molar refractivity (Wildman–Crippen MR) is 69.9 cm³/mol. The normalized spacial score (nSPS) is 31.3. The van der Waals surface area contributed by atoms with Crippen molar-refractivity contribution in [2.75, 3.05) is 6.54 Å². The van der Waals surface area contributed by atoms with E-state index in [0.717, 1.165) is 5.92 Å². The zero-order valence-corrected chi connectivity index (χ0v) is 10.9. The summed E-state index contributed by atoms with van der Waals surface area (Å²) >= 11 is 1.91. The first-order valence-corrected chi connectivity index (χ1v) is 7.50. The quantitative estimate of drug-likeness (QED) is 0.821. The fourth-order valence-corrected chi connectivity index (χ4v) is 4.11. The molecule has 88 valence electrons. The molecule has 2 fully saturated rings. The molecule has 0 spiro atoms. The zero-order valence-electron chi connectivity index (χ0n) is 10.1. The first-order chi connectivity index (χ1) is 7.83. The zero-order chi connectivity index (χ0) is 11.0. The minimum absolute atomic E-state index is 0.348. The number of aryl methyl sites for hydroxylation is 1. The molecule has 1 unspecified atom stereocenters. The molecule has 0 bridgehead atoms. The largest absolute Gasteiger partial charge is 0.307 e. The van der Waals surface area contributed by atoms with Gasteiger partial charge in [0.25, 0.3) is 0 Å². The Kier molecular flexibility index (Phi) is 2.80. The summed E-state index contributed by atoms with van der Waals surface area (Å²) in [4.78, 5) is 1.53. The summed E-state index contributed by atoms with van der Waals surface area (Å²) < 4.78 is 0. The van der Waals surface area contributed by atoms with Crippen molar-refractivity contribution in [3.63, 3.8) is 0 Å². The van der Waals surface area contributed by atoms with Crippen LogP contribution in [0.3, 0.4) is 0 Å². The van der Waals surface area contributed by atoms with E-state index in [4.69, 9.17) is 0 Å². The molecule has 16 heavy (non-hydrogen) atoms. The molecule has 1 aliphatic carbocycles. The molecule has 2 heterocycles. The third-order valence-corrected chi connectivity index (χ3v) is 5.15. The summed E-state index contributed by atoms with van der Waals surface area (Å²) in [6.07, 6.45) is 8.39. The highest BCUT2D eigenvalue weighted by atomic mass is 32.1. The molecule has 0 radical (unpaired) electrons. The van der Waals surface area contributed by atoms with Gasteiger partial charge in [-0.2, -0.15) is 0 Å². The Morgan fingerprint density at radius 1 is 1.31 bits per heavy atom. The molecule has 1 saturated carbocycles. The fraction of sp³-hybridized carbons (Fsp3) is 0.714. The molecule has 1 aliphatic heterocycles. The van der Waals surface area contributed by atoms with E-state index < -0.39 is 0 Å². The highest BCUT2D eigenvalue weighted by Crippen LogP contribution is 2.50. The van der Waals surface area contributed by atoms with Crippen LogP contribution in [0.15, 0.2) is 11.4 Å². The first-order valence-electron chi connectivity index (χ1n) is 6.62. The third kappa shape index (κ3) is 1.72. The van der Waals surface area contributed by atoms with E-state index in [1.165, 1.54) is 49.9 Å². The Hall–Kier alpha value is -0.340. The van der Waals surface area contributed by atoms with Crippen LogP contribution in [0.2, 0.25) is 0 Å². The second kappa shape index (κ2) is 4.15. The van der Waals surface area contributed by atoms with Gasteiger partial charge in [0.15, 0.2) is 0 Å². The van der Waals surface area contributed by atoms with Gasteiger partial charge in [-0.05, 0) is 62.1 Å². The second-order valence-electron chi connectivity index (χ2n) is 5.37. The second-order valence-corrected chi connectivity index (χ2v) is 6.49. The van der Waals surface area contributed by atoms with Crippen molar-refractivity contribution in [3.8, 4) is 0 Å². The van der Waals surface area contributed by atoms with E-state index >= 15 is 0 Å². The van der Waals surface area contributed by atoms with Gasteiger partial charge < -0.3 is 5.32 Å². The monoisotopic (exact) mass is 235 g/mol. The lowest BCUT2D eigenvalue weighted by molar-refractivity contribution is 0.279. The fourth-order valence-electron chi connectivity index (χ4n) is 3.33. The predicted octanol–water partition coefficient (Wildman–Crippen LogP) is 3.83. The summed E-state index contributed by atoms with van der Waals surface area (Å²) in [5, 5.41) is 6.17. The minimum atomic E-state index is 0.348. The van der Waals surface area contributed by atoms with Gasteiger partial charge in [0.2, 0.25) is 0 Å². The Bertz CT molecular complexity index is 357. The number of nitrogens with one attached hydrogen (secondary N) is 1. The molecular weight excluding hydrogens is 214 g/mol. The molecule has 1 nitrogen and oxygen atoms in total. The molecule has 0 aromatic carbocycles. The molecule has 1 N–H and O–H groups in total. The summed E-state index contributed by atoms with van der Waals surface area (Å²) in [5.41, 5.74) is 1.96. The average molecular weight is 235 g/mol. The van der Waals surface area contributed by atoms with Crippen molar-refractivity contribution < 1.29 is 0 Å². The van der Waals surface area contributed by atoms with Crippen LogP contribution in [0, 0.1) is 12.8 Å². The third-order valence-electron chi connectivity index (χ3n) is 4.30. The summed E-state index contributed by atoms with van der Waals surface area (Å²) in [6, 6.07) is 2.37. The number of thiophene rings is 1. The van der Waals surface area contributed by atoms with Gasteiger partial charge in [-0.25, -0.2) is 0 Å². The van der Waals surface area contributed by atoms with Gasteiger partial charge in [0.1, 0.15) is 0 Å². The molecule has 1 aromatic rings. The van der Waals surface area contributed by atoms with E-state index in [1.54, 1.807) is 5.56 Å². The SMILES string of the molecule is Cc1sccc1C1(C2CC2)CCCCCN1. The molecule has 1 saturated heterocycles. The Labute approximate surface area is 102 Å². The standard InChI is InChI=1S/C14H21NS/c1-11-13(7-10-16-11)14(12-5-6-12)8-3-2-4-9-15-14/h7,10,12,15H,2-6,8-9H2,1H3. The lowest BCUT2D eigenvalue weighted by atomic mass is 9.81. The van der Waals surface area contributed by atoms with Crippen molar-refractivity contribution in [3.05, 3.63) is 21.9 Å². The van der Waals surface area contributed by atoms with Crippen molar-refractivity contribution in [2.24, 2.45) is 5.92 Å². The van der Waals surface area contributed by atoms with Crippen LogP contribution in [0.4, 0.5) is 0 Å². The van der Waals surface area contributed by atoms with E-state index in [-0.39, 0.29) is 0 Å². The van der Waals surface area contributed by atoms with Crippen LogP contribution in [0.5, 0.6) is 0 Å². The number of hydrogen-bond donors (Lipinski definition) is 1. The van der Waals surface area contributed by atoms with Gasteiger partial charge in [-0.3, -0.25) is 0 Å².